The van der Waals surface area contributed by atoms with Crippen LogP contribution in [-0.2, 0) is 4.79 Å². The second kappa shape index (κ2) is 8.22. The summed E-state index contributed by atoms with van der Waals surface area (Å²) in [5, 5.41) is 5.76. The Morgan fingerprint density at radius 1 is 1.29 bits per heavy atom. The van der Waals surface area contributed by atoms with Gasteiger partial charge >= 0.3 is 0 Å². The molecular weight excluding hydrogens is 313 g/mol. The van der Waals surface area contributed by atoms with Crippen molar-refractivity contribution >= 4 is 35.0 Å². The molecule has 4 N–H and O–H groups in total. The van der Waals surface area contributed by atoms with Crippen molar-refractivity contribution < 1.29 is 9.59 Å². The number of hydrogen-bond donors (Lipinski definition) is 3. The van der Waals surface area contributed by atoms with Gasteiger partial charge in [-0.15, -0.1) is 0 Å². The lowest BCUT2D eigenvalue weighted by atomic mass is 10.1. The maximum absolute atomic E-state index is 12.1. The zero-order chi connectivity index (χ0) is 16.0. The highest BCUT2D eigenvalue weighted by atomic mass is 35.5. The van der Waals surface area contributed by atoms with Crippen LogP contribution in [0.25, 0.3) is 0 Å². The van der Waals surface area contributed by atoms with Crippen molar-refractivity contribution in [3.63, 3.8) is 0 Å². The van der Waals surface area contributed by atoms with E-state index in [9.17, 15) is 9.59 Å². The van der Waals surface area contributed by atoms with Gasteiger partial charge in [0.2, 0.25) is 5.91 Å². The largest absolute Gasteiger partial charge is 0.354 e. The third-order valence-corrected chi connectivity index (χ3v) is 3.78. The van der Waals surface area contributed by atoms with Crippen molar-refractivity contribution in [2.24, 2.45) is 11.7 Å². The van der Waals surface area contributed by atoms with E-state index in [4.69, 9.17) is 28.9 Å². The molecule has 21 heavy (non-hydrogen) atoms. The van der Waals surface area contributed by atoms with E-state index in [1.165, 1.54) is 0 Å². The molecule has 0 aromatic heterocycles. The summed E-state index contributed by atoms with van der Waals surface area (Å²) < 4.78 is 0. The molecular formula is C14H19Cl2N3O2. The molecule has 5 nitrogen and oxygen atoms in total. The SMILES string of the molecule is CC(CN)CNC(=O)C(C)NC(=O)c1cccc(Cl)c1Cl. The van der Waals surface area contributed by atoms with Crippen LogP contribution in [0, 0.1) is 5.92 Å². The zero-order valence-electron chi connectivity index (χ0n) is 12.0. The number of halogens is 2. The van der Waals surface area contributed by atoms with Crippen LogP contribution in [0.3, 0.4) is 0 Å². The summed E-state index contributed by atoms with van der Waals surface area (Å²) in [6, 6.07) is 4.07. The number of nitrogens with two attached hydrogens (primary N) is 1. The monoisotopic (exact) mass is 331 g/mol. The normalized spacial score (nSPS) is 13.4. The minimum absolute atomic E-state index is 0.168. The van der Waals surface area contributed by atoms with Gasteiger partial charge in [-0.05, 0) is 31.5 Å². The molecule has 0 aliphatic carbocycles. The summed E-state index contributed by atoms with van der Waals surface area (Å²) in [7, 11) is 0. The van der Waals surface area contributed by atoms with Crippen LogP contribution in [0.4, 0.5) is 0 Å². The fourth-order valence-corrected chi connectivity index (χ4v) is 1.92. The molecule has 2 atom stereocenters. The average molecular weight is 332 g/mol. The smallest absolute Gasteiger partial charge is 0.253 e. The lowest BCUT2D eigenvalue weighted by molar-refractivity contribution is -0.122. The van der Waals surface area contributed by atoms with E-state index < -0.39 is 11.9 Å². The Labute approximate surface area is 134 Å². The van der Waals surface area contributed by atoms with Gasteiger partial charge in [0.05, 0.1) is 15.6 Å². The highest BCUT2D eigenvalue weighted by Crippen LogP contribution is 2.25. The second-order valence-electron chi connectivity index (χ2n) is 4.88. The molecule has 116 valence electrons. The molecule has 0 radical (unpaired) electrons. The van der Waals surface area contributed by atoms with E-state index in [2.05, 4.69) is 10.6 Å². The maximum atomic E-state index is 12.1. The highest BCUT2D eigenvalue weighted by molar-refractivity contribution is 6.43. The third kappa shape index (κ3) is 5.19. The molecule has 1 aromatic carbocycles. The van der Waals surface area contributed by atoms with Crippen LogP contribution in [0.2, 0.25) is 10.0 Å². The van der Waals surface area contributed by atoms with E-state index in [0.29, 0.717) is 13.1 Å². The van der Waals surface area contributed by atoms with Crippen molar-refractivity contribution in [3.05, 3.63) is 33.8 Å². The number of benzene rings is 1. The van der Waals surface area contributed by atoms with Crippen LogP contribution in [0.15, 0.2) is 18.2 Å². The molecule has 0 spiro atoms. The van der Waals surface area contributed by atoms with Crippen molar-refractivity contribution in [1.29, 1.82) is 0 Å². The number of carbonyl (C=O) groups is 2. The van der Waals surface area contributed by atoms with Gasteiger partial charge in [-0.1, -0.05) is 36.2 Å². The van der Waals surface area contributed by atoms with Crippen LogP contribution in [-0.4, -0.2) is 30.9 Å². The number of rotatable bonds is 6. The van der Waals surface area contributed by atoms with Crippen molar-refractivity contribution in [3.8, 4) is 0 Å². The predicted molar refractivity (Wildman–Crippen MR) is 84.6 cm³/mol. The van der Waals surface area contributed by atoms with Crippen molar-refractivity contribution in [2.45, 2.75) is 19.9 Å². The topological polar surface area (TPSA) is 84.2 Å². The second-order valence-corrected chi connectivity index (χ2v) is 5.67. The van der Waals surface area contributed by atoms with Crippen LogP contribution in [0.1, 0.15) is 24.2 Å². The van der Waals surface area contributed by atoms with Gasteiger partial charge in [-0.25, -0.2) is 0 Å². The summed E-state index contributed by atoms with van der Waals surface area (Å²) >= 11 is 11.8. The average Bonchev–Trinajstić information content (AvgIpc) is 2.46. The Morgan fingerprint density at radius 3 is 2.57 bits per heavy atom. The number of amides is 2. The Bertz CT molecular complexity index is 523. The zero-order valence-corrected chi connectivity index (χ0v) is 13.5. The number of carbonyl (C=O) groups excluding carboxylic acids is 2. The van der Waals surface area contributed by atoms with Crippen molar-refractivity contribution in [1.82, 2.24) is 10.6 Å². The molecule has 0 bridgehead atoms. The first kappa shape index (κ1) is 17.8. The molecule has 0 saturated heterocycles. The summed E-state index contributed by atoms with van der Waals surface area (Å²) in [5.74, 6) is -0.543. The van der Waals surface area contributed by atoms with E-state index in [-0.39, 0.29) is 27.4 Å². The minimum Gasteiger partial charge on any atom is -0.354 e. The predicted octanol–water partition coefficient (Wildman–Crippen LogP) is 1.82. The van der Waals surface area contributed by atoms with Crippen molar-refractivity contribution in [2.75, 3.05) is 13.1 Å². The van der Waals surface area contributed by atoms with E-state index >= 15 is 0 Å². The molecule has 0 aliphatic heterocycles. The maximum Gasteiger partial charge on any atom is 0.253 e. The summed E-state index contributed by atoms with van der Waals surface area (Å²) in [4.78, 5) is 23.9. The molecule has 0 fully saturated rings. The summed E-state index contributed by atoms with van der Waals surface area (Å²) in [6.45, 7) is 4.47. The van der Waals surface area contributed by atoms with Gasteiger partial charge in [0.25, 0.3) is 5.91 Å². The Kier molecular flexibility index (Phi) is 6.95. The lowest BCUT2D eigenvalue weighted by Crippen LogP contribution is -2.46. The standard InChI is InChI=1S/C14H19Cl2N3O2/c1-8(6-17)7-18-13(20)9(2)19-14(21)10-4-3-5-11(15)12(10)16/h3-5,8-9H,6-7,17H2,1-2H3,(H,18,20)(H,19,21). The third-order valence-electron chi connectivity index (χ3n) is 2.96. The molecule has 2 unspecified atom stereocenters. The minimum atomic E-state index is -0.683. The Hall–Kier alpha value is -1.30. The van der Waals surface area contributed by atoms with Gasteiger partial charge in [-0.2, -0.15) is 0 Å². The highest BCUT2D eigenvalue weighted by Gasteiger charge is 2.19. The van der Waals surface area contributed by atoms with Crippen LogP contribution < -0.4 is 16.4 Å². The number of nitrogens with one attached hydrogen (secondary N) is 2. The number of hydrogen-bond acceptors (Lipinski definition) is 3. The van der Waals surface area contributed by atoms with Gasteiger partial charge in [0, 0.05) is 6.54 Å². The van der Waals surface area contributed by atoms with E-state index in [1.54, 1.807) is 25.1 Å². The Morgan fingerprint density at radius 2 is 1.95 bits per heavy atom. The summed E-state index contributed by atoms with van der Waals surface area (Å²) in [6.07, 6.45) is 0. The first-order valence-corrected chi connectivity index (χ1v) is 7.35. The molecule has 1 aromatic rings. The first-order chi connectivity index (χ1) is 9.86. The first-order valence-electron chi connectivity index (χ1n) is 6.59. The molecule has 7 heteroatoms. The van der Waals surface area contributed by atoms with Crippen LogP contribution in [0.5, 0.6) is 0 Å². The van der Waals surface area contributed by atoms with Gasteiger partial charge in [0.1, 0.15) is 6.04 Å². The van der Waals surface area contributed by atoms with E-state index in [1.807, 2.05) is 6.92 Å². The van der Waals surface area contributed by atoms with Gasteiger partial charge in [-0.3, -0.25) is 9.59 Å². The van der Waals surface area contributed by atoms with Crippen LogP contribution >= 0.6 is 23.2 Å². The van der Waals surface area contributed by atoms with Gasteiger partial charge in [0.15, 0.2) is 0 Å². The molecule has 2 amide bonds. The molecule has 0 saturated carbocycles. The molecule has 0 aliphatic rings. The fraction of sp³-hybridized carbons (Fsp3) is 0.429. The summed E-state index contributed by atoms with van der Waals surface area (Å²) in [5.41, 5.74) is 5.71. The fourth-order valence-electron chi connectivity index (χ4n) is 1.53. The van der Waals surface area contributed by atoms with Gasteiger partial charge < -0.3 is 16.4 Å². The molecule has 0 heterocycles. The van der Waals surface area contributed by atoms with E-state index in [0.717, 1.165) is 0 Å². The quantitative estimate of drug-likeness (QED) is 0.743. The molecule has 1 rings (SSSR count). The lowest BCUT2D eigenvalue weighted by Gasteiger charge is -2.16. The Balaban J connectivity index is 2.61.